The Morgan fingerprint density at radius 3 is 2.82 bits per heavy atom. The monoisotopic (exact) mass is 231 g/mol. The van der Waals surface area contributed by atoms with Crippen LogP contribution >= 0.6 is 0 Å². The van der Waals surface area contributed by atoms with Crippen LogP contribution in [0.15, 0.2) is 18.3 Å². The van der Waals surface area contributed by atoms with Crippen molar-refractivity contribution in [2.24, 2.45) is 0 Å². The second-order valence-electron chi connectivity index (χ2n) is 3.90. The average molecular weight is 231 g/mol. The van der Waals surface area contributed by atoms with Crippen LogP contribution in [0.5, 0.6) is 0 Å². The van der Waals surface area contributed by atoms with Gasteiger partial charge in [0.15, 0.2) is 0 Å². The molecule has 1 aromatic rings. The summed E-state index contributed by atoms with van der Waals surface area (Å²) in [6.45, 7) is 1.38. The fourth-order valence-corrected chi connectivity index (χ4v) is 1.70. The average Bonchev–Trinajstić information content (AvgIpc) is 2.40. The molecule has 0 atom stereocenters. The summed E-state index contributed by atoms with van der Waals surface area (Å²) >= 11 is 0. The third-order valence-electron chi connectivity index (χ3n) is 2.70. The highest BCUT2D eigenvalue weighted by Crippen LogP contribution is 2.08. The van der Waals surface area contributed by atoms with E-state index in [1.807, 2.05) is 6.07 Å². The number of nitrogens with one attached hydrogen (secondary N) is 1. The number of pyridine rings is 1. The molecular weight excluding hydrogens is 218 g/mol. The molecule has 2 rings (SSSR count). The summed E-state index contributed by atoms with van der Waals surface area (Å²) in [5.74, 6) is -0.145. The van der Waals surface area contributed by atoms with Crippen molar-refractivity contribution in [3.63, 3.8) is 0 Å². The molecule has 0 aliphatic carbocycles. The van der Waals surface area contributed by atoms with Crippen molar-refractivity contribution in [2.75, 3.05) is 13.2 Å². The van der Waals surface area contributed by atoms with Gasteiger partial charge in [0, 0.05) is 25.5 Å². The van der Waals surface area contributed by atoms with E-state index in [1.54, 1.807) is 12.1 Å². The maximum Gasteiger partial charge on any atom is 0.253 e. The number of carbonyl (C=O) groups excluding carboxylic acids is 1. The van der Waals surface area contributed by atoms with E-state index in [-0.39, 0.29) is 11.9 Å². The van der Waals surface area contributed by atoms with Crippen LogP contribution in [0.4, 0.5) is 0 Å². The first-order chi connectivity index (χ1) is 8.29. The third kappa shape index (κ3) is 3.02. The molecule has 1 aliphatic heterocycles. The molecule has 88 valence electrons. The standard InChI is InChI=1S/C12H13N3O2/c13-7-11-2-1-9(8-14-11)12(16)15-10-3-5-17-6-4-10/h1-2,8,10H,3-6H2,(H,15,16). The Hall–Kier alpha value is -1.93. The van der Waals surface area contributed by atoms with E-state index < -0.39 is 0 Å². The molecule has 17 heavy (non-hydrogen) atoms. The van der Waals surface area contributed by atoms with E-state index in [9.17, 15) is 4.79 Å². The zero-order chi connectivity index (χ0) is 12.1. The van der Waals surface area contributed by atoms with Crippen LogP contribution in [-0.4, -0.2) is 30.1 Å². The minimum atomic E-state index is -0.145. The molecule has 0 radical (unpaired) electrons. The molecular formula is C12H13N3O2. The Balaban J connectivity index is 1.96. The predicted molar refractivity (Wildman–Crippen MR) is 60.3 cm³/mol. The molecule has 5 heteroatoms. The minimum Gasteiger partial charge on any atom is -0.381 e. The summed E-state index contributed by atoms with van der Waals surface area (Å²) in [7, 11) is 0. The lowest BCUT2D eigenvalue weighted by Gasteiger charge is -2.22. The summed E-state index contributed by atoms with van der Waals surface area (Å²) in [6.07, 6.45) is 3.11. The number of rotatable bonds is 2. The Morgan fingerprint density at radius 1 is 1.47 bits per heavy atom. The summed E-state index contributed by atoms with van der Waals surface area (Å²) < 4.78 is 5.22. The molecule has 5 nitrogen and oxygen atoms in total. The summed E-state index contributed by atoms with van der Waals surface area (Å²) in [5, 5.41) is 11.5. The Morgan fingerprint density at radius 2 is 2.24 bits per heavy atom. The highest BCUT2D eigenvalue weighted by Gasteiger charge is 2.16. The normalized spacial score (nSPS) is 16.2. The first kappa shape index (κ1) is 11.6. The van der Waals surface area contributed by atoms with Gasteiger partial charge >= 0.3 is 0 Å². The number of nitriles is 1. The van der Waals surface area contributed by atoms with Crippen molar-refractivity contribution >= 4 is 5.91 Å². The predicted octanol–water partition coefficient (Wildman–Crippen LogP) is 0.862. The number of aromatic nitrogens is 1. The summed E-state index contributed by atoms with van der Waals surface area (Å²) in [6, 6.07) is 5.24. The van der Waals surface area contributed by atoms with Gasteiger partial charge in [0.05, 0.1) is 5.56 Å². The highest BCUT2D eigenvalue weighted by molar-refractivity contribution is 5.94. The molecule has 0 aromatic carbocycles. The van der Waals surface area contributed by atoms with Crippen LogP contribution in [0.25, 0.3) is 0 Å². The molecule has 1 fully saturated rings. The van der Waals surface area contributed by atoms with E-state index in [0.29, 0.717) is 24.5 Å². The third-order valence-corrected chi connectivity index (χ3v) is 2.70. The molecule has 1 aromatic heterocycles. The van der Waals surface area contributed by atoms with Crippen LogP contribution in [0.1, 0.15) is 28.9 Å². The molecule has 1 saturated heterocycles. The van der Waals surface area contributed by atoms with Crippen LogP contribution < -0.4 is 5.32 Å². The van der Waals surface area contributed by atoms with Gasteiger partial charge < -0.3 is 10.1 Å². The van der Waals surface area contributed by atoms with E-state index in [4.69, 9.17) is 10.00 Å². The van der Waals surface area contributed by atoms with Gasteiger partial charge in [-0.3, -0.25) is 4.79 Å². The van der Waals surface area contributed by atoms with Gasteiger partial charge in [-0.05, 0) is 25.0 Å². The summed E-state index contributed by atoms with van der Waals surface area (Å²) in [4.78, 5) is 15.7. The lowest BCUT2D eigenvalue weighted by Crippen LogP contribution is -2.38. The van der Waals surface area contributed by atoms with E-state index in [2.05, 4.69) is 10.3 Å². The molecule has 2 heterocycles. The Bertz CT molecular complexity index is 430. The lowest BCUT2D eigenvalue weighted by molar-refractivity contribution is 0.0696. The van der Waals surface area contributed by atoms with Gasteiger partial charge in [-0.2, -0.15) is 5.26 Å². The van der Waals surface area contributed by atoms with Gasteiger partial charge in [-0.15, -0.1) is 0 Å². The molecule has 0 unspecified atom stereocenters. The SMILES string of the molecule is N#Cc1ccc(C(=O)NC2CCOCC2)cn1. The van der Waals surface area contributed by atoms with Crippen LogP contribution in [-0.2, 0) is 4.74 Å². The van der Waals surface area contributed by atoms with Crippen molar-refractivity contribution in [3.8, 4) is 6.07 Å². The Labute approximate surface area is 99.4 Å². The second-order valence-corrected chi connectivity index (χ2v) is 3.90. The number of hydrogen-bond donors (Lipinski definition) is 1. The first-order valence-electron chi connectivity index (χ1n) is 5.54. The maximum atomic E-state index is 11.8. The smallest absolute Gasteiger partial charge is 0.253 e. The van der Waals surface area contributed by atoms with Crippen molar-refractivity contribution < 1.29 is 9.53 Å². The second kappa shape index (κ2) is 5.41. The van der Waals surface area contributed by atoms with Crippen molar-refractivity contribution in [1.29, 1.82) is 5.26 Å². The minimum absolute atomic E-state index is 0.145. The quantitative estimate of drug-likeness (QED) is 0.819. The first-order valence-corrected chi connectivity index (χ1v) is 5.54. The fraction of sp³-hybridized carbons (Fsp3) is 0.417. The fourth-order valence-electron chi connectivity index (χ4n) is 1.70. The van der Waals surface area contributed by atoms with Crippen LogP contribution in [0.2, 0.25) is 0 Å². The number of carbonyl (C=O) groups is 1. The number of hydrogen-bond acceptors (Lipinski definition) is 4. The summed E-state index contributed by atoms with van der Waals surface area (Å²) in [5.41, 5.74) is 0.795. The molecule has 1 amide bonds. The van der Waals surface area contributed by atoms with Crippen LogP contribution in [0, 0.1) is 11.3 Å². The van der Waals surface area contributed by atoms with Gasteiger partial charge in [0.2, 0.25) is 0 Å². The topological polar surface area (TPSA) is 75.0 Å². The molecule has 1 aliphatic rings. The number of nitrogens with zero attached hydrogens (tertiary/aromatic N) is 2. The van der Waals surface area contributed by atoms with Crippen molar-refractivity contribution in [1.82, 2.24) is 10.3 Å². The van der Waals surface area contributed by atoms with E-state index >= 15 is 0 Å². The molecule has 0 spiro atoms. The lowest BCUT2D eigenvalue weighted by atomic mass is 10.1. The van der Waals surface area contributed by atoms with Crippen molar-refractivity contribution in [2.45, 2.75) is 18.9 Å². The van der Waals surface area contributed by atoms with E-state index in [1.165, 1.54) is 6.20 Å². The zero-order valence-electron chi connectivity index (χ0n) is 9.35. The highest BCUT2D eigenvalue weighted by atomic mass is 16.5. The number of amides is 1. The Kier molecular flexibility index (Phi) is 3.68. The van der Waals surface area contributed by atoms with Gasteiger partial charge in [0.1, 0.15) is 11.8 Å². The largest absolute Gasteiger partial charge is 0.381 e. The van der Waals surface area contributed by atoms with Gasteiger partial charge in [0.25, 0.3) is 5.91 Å². The molecule has 0 saturated carbocycles. The number of ether oxygens (including phenoxy) is 1. The van der Waals surface area contributed by atoms with Gasteiger partial charge in [-0.1, -0.05) is 0 Å². The van der Waals surface area contributed by atoms with Gasteiger partial charge in [-0.25, -0.2) is 4.98 Å². The molecule has 1 N–H and O–H groups in total. The van der Waals surface area contributed by atoms with Crippen molar-refractivity contribution in [3.05, 3.63) is 29.6 Å². The van der Waals surface area contributed by atoms with Crippen LogP contribution in [0.3, 0.4) is 0 Å². The van der Waals surface area contributed by atoms with E-state index in [0.717, 1.165) is 12.8 Å². The molecule has 0 bridgehead atoms. The zero-order valence-corrected chi connectivity index (χ0v) is 9.35. The maximum absolute atomic E-state index is 11.8.